The number of carbonyl (C=O) groups excluding carboxylic acids is 2. The molecule has 0 aliphatic heterocycles. The summed E-state index contributed by atoms with van der Waals surface area (Å²) in [5.41, 5.74) is 8.32. The first-order valence-corrected chi connectivity index (χ1v) is 10.0. The number of nitrogens with one attached hydrogen (secondary N) is 2. The van der Waals surface area contributed by atoms with Crippen LogP contribution < -0.4 is 21.1 Å². The van der Waals surface area contributed by atoms with Gasteiger partial charge in [-0.2, -0.15) is 0 Å². The molecular formula is C23H26N6O3. The number of aromatic nitrogens is 3. The Morgan fingerprint density at radius 1 is 1.06 bits per heavy atom. The predicted molar refractivity (Wildman–Crippen MR) is 122 cm³/mol. The first-order chi connectivity index (χ1) is 15.1. The van der Waals surface area contributed by atoms with Gasteiger partial charge >= 0.3 is 6.03 Å². The molecule has 2 aromatic heterocycles. The van der Waals surface area contributed by atoms with Crippen LogP contribution >= 0.6 is 0 Å². The van der Waals surface area contributed by atoms with Gasteiger partial charge in [-0.25, -0.2) is 9.78 Å². The van der Waals surface area contributed by atoms with E-state index in [0.717, 1.165) is 16.8 Å². The highest BCUT2D eigenvalue weighted by Gasteiger charge is 2.26. The molecule has 0 saturated heterocycles. The quantitative estimate of drug-likeness (QED) is 0.519. The molecule has 2 heterocycles. The molecule has 0 atom stereocenters. The fourth-order valence-electron chi connectivity index (χ4n) is 2.69. The lowest BCUT2D eigenvalue weighted by atomic mass is 9.94. The Morgan fingerprint density at radius 2 is 1.84 bits per heavy atom. The first-order valence-electron chi connectivity index (χ1n) is 10.0. The molecule has 0 fully saturated rings. The lowest BCUT2D eigenvalue weighted by Crippen LogP contribution is -2.36. The fraction of sp³-hybridized carbons (Fsp3) is 0.261. The average Bonchev–Trinajstić information content (AvgIpc) is 2.74. The summed E-state index contributed by atoms with van der Waals surface area (Å²) in [5.74, 6) is 0.534. The molecule has 9 heteroatoms. The van der Waals surface area contributed by atoms with Gasteiger partial charge in [0.25, 0.3) is 0 Å². The van der Waals surface area contributed by atoms with Gasteiger partial charge in [0.15, 0.2) is 5.82 Å². The molecule has 0 bridgehead atoms. The summed E-state index contributed by atoms with van der Waals surface area (Å²) in [6.07, 6.45) is 4.65. The summed E-state index contributed by atoms with van der Waals surface area (Å²) in [6.45, 7) is 7.41. The van der Waals surface area contributed by atoms with Crippen molar-refractivity contribution in [2.75, 3.05) is 17.2 Å². The molecule has 4 N–H and O–H groups in total. The second kappa shape index (κ2) is 9.42. The highest BCUT2D eigenvalue weighted by atomic mass is 16.5. The summed E-state index contributed by atoms with van der Waals surface area (Å²) in [5, 5.41) is 5.37. The third kappa shape index (κ3) is 5.78. The number of hydrogen-bond donors (Lipinski definition) is 3. The summed E-state index contributed by atoms with van der Waals surface area (Å²) in [7, 11) is 0. The number of ether oxygens (including phenoxy) is 1. The highest BCUT2D eigenvalue weighted by molar-refractivity contribution is 5.99. The lowest BCUT2D eigenvalue weighted by Gasteiger charge is -2.21. The van der Waals surface area contributed by atoms with Crippen molar-refractivity contribution in [3.63, 3.8) is 0 Å². The zero-order valence-electron chi connectivity index (χ0n) is 18.5. The van der Waals surface area contributed by atoms with Crippen LogP contribution in [0.15, 0.2) is 48.9 Å². The van der Waals surface area contributed by atoms with Gasteiger partial charge in [-0.3, -0.25) is 20.1 Å². The maximum atomic E-state index is 12.2. The van der Waals surface area contributed by atoms with Gasteiger partial charge in [-0.15, -0.1) is 0 Å². The Balaban J connectivity index is 1.69. The topological polar surface area (TPSA) is 132 Å². The minimum absolute atomic E-state index is 0.174. The third-order valence-corrected chi connectivity index (χ3v) is 4.77. The molecule has 9 nitrogen and oxygen atoms in total. The van der Waals surface area contributed by atoms with Gasteiger partial charge < -0.3 is 15.8 Å². The number of aryl methyl sites for hydroxylation is 2. The van der Waals surface area contributed by atoms with E-state index in [0.29, 0.717) is 22.9 Å². The molecule has 0 radical (unpaired) electrons. The second-order valence-corrected chi connectivity index (χ2v) is 8.07. The summed E-state index contributed by atoms with van der Waals surface area (Å²) in [4.78, 5) is 36.5. The van der Waals surface area contributed by atoms with E-state index in [1.54, 1.807) is 44.4 Å². The van der Waals surface area contributed by atoms with E-state index >= 15 is 0 Å². The van der Waals surface area contributed by atoms with Crippen molar-refractivity contribution < 1.29 is 14.3 Å². The van der Waals surface area contributed by atoms with Gasteiger partial charge in [0, 0.05) is 11.3 Å². The van der Waals surface area contributed by atoms with Crippen LogP contribution in [0.3, 0.4) is 0 Å². The smallest absolute Gasteiger partial charge is 0.324 e. The van der Waals surface area contributed by atoms with Gasteiger partial charge in [0.2, 0.25) is 5.91 Å². The van der Waals surface area contributed by atoms with Crippen molar-refractivity contribution in [3.05, 3.63) is 60.2 Å². The number of urea groups is 1. The van der Waals surface area contributed by atoms with Crippen LogP contribution in [0.25, 0.3) is 11.3 Å². The first kappa shape index (κ1) is 22.7. The van der Waals surface area contributed by atoms with E-state index in [1.807, 2.05) is 26.0 Å². The van der Waals surface area contributed by atoms with Crippen LogP contribution in [0, 0.1) is 19.3 Å². The zero-order valence-corrected chi connectivity index (χ0v) is 18.5. The number of carbonyl (C=O) groups is 2. The molecule has 0 aliphatic carbocycles. The molecule has 3 rings (SSSR count). The van der Waals surface area contributed by atoms with Gasteiger partial charge in [-0.05, 0) is 63.6 Å². The molecule has 0 unspecified atom stereocenters. The molecule has 1 aromatic carbocycles. The number of rotatable bonds is 7. The van der Waals surface area contributed by atoms with Crippen LogP contribution in [0.5, 0.6) is 5.75 Å². The molecule has 0 saturated carbocycles. The molecule has 0 spiro atoms. The van der Waals surface area contributed by atoms with Crippen LogP contribution in [-0.2, 0) is 4.79 Å². The minimum Gasteiger partial charge on any atom is -0.492 e. The SMILES string of the molecule is Cc1ccc(NC(=O)Nc2cncc(-c3ccc(OCC(C)(C)C(N)=O)c(C)c3)n2)cn1. The number of nitrogens with two attached hydrogens (primary N) is 1. The van der Waals surface area contributed by atoms with E-state index in [2.05, 4.69) is 25.6 Å². The Morgan fingerprint density at radius 3 is 2.50 bits per heavy atom. The number of anilines is 2. The molecule has 166 valence electrons. The Bertz CT molecular complexity index is 1130. The molecule has 32 heavy (non-hydrogen) atoms. The summed E-state index contributed by atoms with van der Waals surface area (Å²) < 4.78 is 5.79. The van der Waals surface area contributed by atoms with E-state index in [4.69, 9.17) is 10.5 Å². The van der Waals surface area contributed by atoms with E-state index < -0.39 is 17.4 Å². The predicted octanol–water partition coefficient (Wildman–Crippen LogP) is 3.69. The Labute approximate surface area is 186 Å². The van der Waals surface area contributed by atoms with Crippen molar-refractivity contribution in [2.24, 2.45) is 11.1 Å². The summed E-state index contributed by atoms with van der Waals surface area (Å²) in [6, 6.07) is 8.67. The molecule has 0 aliphatic rings. The summed E-state index contributed by atoms with van der Waals surface area (Å²) >= 11 is 0. The van der Waals surface area contributed by atoms with Crippen LogP contribution in [-0.4, -0.2) is 33.5 Å². The van der Waals surface area contributed by atoms with Crippen LogP contribution in [0.4, 0.5) is 16.3 Å². The standard InChI is InChI=1S/C23H26N6O3/c1-14-9-16(6-8-19(14)32-13-23(3,4)21(24)30)18-11-25-12-20(28-18)29-22(31)27-17-7-5-15(2)26-10-17/h5-12H,13H2,1-4H3,(H2,24,30)(H2,27,28,29,31). The minimum atomic E-state index is -0.772. The van der Waals surface area contributed by atoms with Crippen molar-refractivity contribution in [2.45, 2.75) is 27.7 Å². The van der Waals surface area contributed by atoms with Crippen molar-refractivity contribution in [3.8, 4) is 17.0 Å². The van der Waals surface area contributed by atoms with Gasteiger partial charge in [0.05, 0.1) is 35.4 Å². The van der Waals surface area contributed by atoms with Crippen LogP contribution in [0.1, 0.15) is 25.1 Å². The number of pyridine rings is 1. The van der Waals surface area contributed by atoms with E-state index in [9.17, 15) is 9.59 Å². The maximum Gasteiger partial charge on any atom is 0.324 e. The number of amides is 3. The third-order valence-electron chi connectivity index (χ3n) is 4.77. The number of nitrogens with zero attached hydrogens (tertiary/aromatic N) is 3. The van der Waals surface area contributed by atoms with Crippen LogP contribution in [0.2, 0.25) is 0 Å². The van der Waals surface area contributed by atoms with E-state index in [1.165, 1.54) is 6.20 Å². The lowest BCUT2D eigenvalue weighted by molar-refractivity contribution is -0.127. The Hall–Kier alpha value is -4.01. The second-order valence-electron chi connectivity index (χ2n) is 8.07. The van der Waals surface area contributed by atoms with Crippen molar-refractivity contribution >= 4 is 23.4 Å². The normalized spacial score (nSPS) is 11.0. The fourth-order valence-corrected chi connectivity index (χ4v) is 2.69. The number of benzene rings is 1. The molecule has 3 aromatic rings. The number of hydrogen-bond acceptors (Lipinski definition) is 6. The van der Waals surface area contributed by atoms with E-state index in [-0.39, 0.29) is 6.61 Å². The van der Waals surface area contributed by atoms with Gasteiger partial charge in [-0.1, -0.05) is 0 Å². The van der Waals surface area contributed by atoms with Crippen molar-refractivity contribution in [1.29, 1.82) is 0 Å². The molecular weight excluding hydrogens is 408 g/mol. The monoisotopic (exact) mass is 434 g/mol. The maximum absolute atomic E-state index is 12.2. The largest absolute Gasteiger partial charge is 0.492 e. The van der Waals surface area contributed by atoms with Gasteiger partial charge in [0.1, 0.15) is 12.4 Å². The highest BCUT2D eigenvalue weighted by Crippen LogP contribution is 2.27. The molecule has 3 amide bonds. The number of primary amides is 1. The average molecular weight is 435 g/mol. The Kier molecular flexibility index (Phi) is 6.67. The zero-order chi connectivity index (χ0) is 23.3. The van der Waals surface area contributed by atoms with Crippen molar-refractivity contribution in [1.82, 2.24) is 15.0 Å².